The Kier molecular flexibility index (Phi) is 5.78. The molecule has 1 aromatic carbocycles. The Balaban J connectivity index is 2.75. The molecule has 2 N–H and O–H groups in total. The third-order valence-electron chi connectivity index (χ3n) is 2.91. The van der Waals surface area contributed by atoms with Crippen LogP contribution in [0, 0.1) is 5.92 Å². The molecule has 2 atom stereocenters. The predicted octanol–water partition coefficient (Wildman–Crippen LogP) is 2.13. The van der Waals surface area contributed by atoms with Gasteiger partial charge in [-0.15, -0.1) is 0 Å². The van der Waals surface area contributed by atoms with Gasteiger partial charge in [-0.1, -0.05) is 32.4 Å². The highest BCUT2D eigenvalue weighted by Gasteiger charge is 2.20. The summed E-state index contributed by atoms with van der Waals surface area (Å²) in [5, 5.41) is 9.76. The first-order valence-corrected chi connectivity index (χ1v) is 8.08. The van der Waals surface area contributed by atoms with E-state index in [-0.39, 0.29) is 17.4 Å². The van der Waals surface area contributed by atoms with E-state index in [1.54, 1.807) is 18.2 Å². The molecule has 4 nitrogen and oxygen atoms in total. The standard InChI is InChI=1S/C12H18BrNO3S/c1-3-9(2)11(15)8-14-18(16,17)12-7-5-4-6-10(12)13/h4-7,9,11,14-15H,3,8H2,1-2H3. The number of nitrogens with one attached hydrogen (secondary N) is 1. The van der Waals surface area contributed by atoms with Gasteiger partial charge in [0.15, 0.2) is 0 Å². The molecule has 0 aliphatic heterocycles. The van der Waals surface area contributed by atoms with Crippen molar-refractivity contribution in [3.8, 4) is 0 Å². The second-order valence-corrected chi connectivity index (χ2v) is 6.82. The lowest BCUT2D eigenvalue weighted by molar-refractivity contribution is 0.118. The lowest BCUT2D eigenvalue weighted by atomic mass is 10.0. The van der Waals surface area contributed by atoms with Gasteiger partial charge in [0.05, 0.1) is 11.0 Å². The molecule has 6 heteroatoms. The van der Waals surface area contributed by atoms with Crippen molar-refractivity contribution in [3.63, 3.8) is 0 Å². The van der Waals surface area contributed by atoms with Crippen LogP contribution in [0.25, 0.3) is 0 Å². The molecular weight excluding hydrogens is 318 g/mol. The molecule has 0 heterocycles. The quantitative estimate of drug-likeness (QED) is 0.836. The Bertz CT molecular complexity index is 490. The summed E-state index contributed by atoms with van der Waals surface area (Å²) in [6.45, 7) is 3.87. The minimum absolute atomic E-state index is 0.0265. The Morgan fingerprint density at radius 1 is 1.39 bits per heavy atom. The summed E-state index contributed by atoms with van der Waals surface area (Å²) in [5.74, 6) is 0.0620. The molecule has 0 radical (unpaired) electrons. The molecular formula is C12H18BrNO3S. The zero-order chi connectivity index (χ0) is 13.8. The van der Waals surface area contributed by atoms with Crippen molar-refractivity contribution < 1.29 is 13.5 Å². The highest BCUT2D eigenvalue weighted by molar-refractivity contribution is 9.10. The van der Waals surface area contributed by atoms with Gasteiger partial charge < -0.3 is 5.11 Å². The zero-order valence-corrected chi connectivity index (χ0v) is 12.8. The van der Waals surface area contributed by atoms with Crippen molar-refractivity contribution >= 4 is 26.0 Å². The molecule has 1 aromatic rings. The summed E-state index contributed by atoms with van der Waals surface area (Å²) in [5.41, 5.74) is 0. The largest absolute Gasteiger partial charge is 0.391 e. The van der Waals surface area contributed by atoms with Gasteiger partial charge in [0, 0.05) is 11.0 Å². The smallest absolute Gasteiger partial charge is 0.241 e. The average molecular weight is 336 g/mol. The Labute approximate surface area is 117 Å². The molecule has 18 heavy (non-hydrogen) atoms. The molecule has 0 amide bonds. The number of benzene rings is 1. The first-order valence-electron chi connectivity index (χ1n) is 5.80. The molecule has 0 aliphatic rings. The number of aliphatic hydroxyl groups excluding tert-OH is 1. The Morgan fingerprint density at radius 3 is 2.56 bits per heavy atom. The van der Waals surface area contributed by atoms with Crippen molar-refractivity contribution in [3.05, 3.63) is 28.7 Å². The predicted molar refractivity (Wildman–Crippen MR) is 74.8 cm³/mol. The van der Waals surface area contributed by atoms with Crippen LogP contribution in [0.5, 0.6) is 0 Å². The van der Waals surface area contributed by atoms with Gasteiger partial charge in [-0.2, -0.15) is 0 Å². The SMILES string of the molecule is CCC(C)C(O)CNS(=O)(=O)c1ccccc1Br. The maximum atomic E-state index is 12.0. The van der Waals surface area contributed by atoms with E-state index in [1.807, 2.05) is 13.8 Å². The number of rotatable bonds is 6. The molecule has 0 spiro atoms. The van der Waals surface area contributed by atoms with Gasteiger partial charge in [0.25, 0.3) is 0 Å². The van der Waals surface area contributed by atoms with Crippen molar-refractivity contribution in [2.45, 2.75) is 31.3 Å². The van der Waals surface area contributed by atoms with E-state index in [2.05, 4.69) is 20.7 Å². The molecule has 0 fully saturated rings. The van der Waals surface area contributed by atoms with E-state index in [0.29, 0.717) is 4.47 Å². The Hall–Kier alpha value is -0.430. The monoisotopic (exact) mass is 335 g/mol. The summed E-state index contributed by atoms with van der Waals surface area (Å²) >= 11 is 3.20. The molecule has 102 valence electrons. The summed E-state index contributed by atoms with van der Waals surface area (Å²) in [6.07, 6.45) is 0.130. The minimum Gasteiger partial charge on any atom is -0.391 e. The zero-order valence-electron chi connectivity index (χ0n) is 10.4. The van der Waals surface area contributed by atoms with Crippen molar-refractivity contribution in [2.75, 3.05) is 6.54 Å². The number of sulfonamides is 1. The summed E-state index contributed by atoms with van der Waals surface area (Å²) in [7, 11) is -3.58. The molecule has 0 saturated carbocycles. The molecule has 0 aliphatic carbocycles. The third kappa shape index (κ3) is 4.05. The average Bonchev–Trinajstić information content (AvgIpc) is 2.35. The molecule has 1 rings (SSSR count). The molecule has 2 unspecified atom stereocenters. The van der Waals surface area contributed by atoms with Crippen LogP contribution in [0.4, 0.5) is 0 Å². The lowest BCUT2D eigenvalue weighted by Crippen LogP contribution is -2.35. The van der Waals surface area contributed by atoms with E-state index in [0.717, 1.165) is 6.42 Å². The lowest BCUT2D eigenvalue weighted by Gasteiger charge is -2.17. The third-order valence-corrected chi connectivity index (χ3v) is 5.35. The van der Waals surface area contributed by atoms with Gasteiger partial charge in [0.1, 0.15) is 0 Å². The highest BCUT2D eigenvalue weighted by Crippen LogP contribution is 2.20. The van der Waals surface area contributed by atoms with E-state index in [4.69, 9.17) is 0 Å². The minimum atomic E-state index is -3.58. The molecule has 0 aromatic heterocycles. The fourth-order valence-corrected chi connectivity index (χ4v) is 3.46. The second-order valence-electron chi connectivity index (χ2n) is 4.24. The number of aliphatic hydroxyl groups is 1. The second kappa shape index (κ2) is 6.65. The first-order chi connectivity index (χ1) is 8.38. The summed E-state index contributed by atoms with van der Waals surface area (Å²) < 4.78 is 27.0. The van der Waals surface area contributed by atoms with Crippen LogP contribution in [0.2, 0.25) is 0 Å². The number of hydrogen-bond donors (Lipinski definition) is 2. The van der Waals surface area contributed by atoms with Crippen LogP contribution < -0.4 is 4.72 Å². The van der Waals surface area contributed by atoms with Crippen LogP contribution in [0.1, 0.15) is 20.3 Å². The summed E-state index contributed by atoms with van der Waals surface area (Å²) in [6, 6.07) is 6.59. The van der Waals surface area contributed by atoms with E-state index in [9.17, 15) is 13.5 Å². The fraction of sp³-hybridized carbons (Fsp3) is 0.500. The molecule has 0 bridgehead atoms. The van der Waals surface area contributed by atoms with E-state index in [1.165, 1.54) is 6.07 Å². The fourth-order valence-electron chi connectivity index (χ4n) is 1.41. The van der Waals surface area contributed by atoms with Gasteiger partial charge in [-0.05, 0) is 34.0 Å². The van der Waals surface area contributed by atoms with E-state index >= 15 is 0 Å². The van der Waals surface area contributed by atoms with Crippen LogP contribution >= 0.6 is 15.9 Å². The van der Waals surface area contributed by atoms with Gasteiger partial charge in [-0.25, -0.2) is 13.1 Å². The van der Waals surface area contributed by atoms with Gasteiger partial charge in [0.2, 0.25) is 10.0 Å². The van der Waals surface area contributed by atoms with E-state index < -0.39 is 16.1 Å². The normalized spacial score (nSPS) is 15.3. The number of hydrogen-bond acceptors (Lipinski definition) is 3. The maximum Gasteiger partial charge on any atom is 0.241 e. The maximum absolute atomic E-state index is 12.0. The van der Waals surface area contributed by atoms with Crippen molar-refractivity contribution in [2.24, 2.45) is 5.92 Å². The van der Waals surface area contributed by atoms with Crippen LogP contribution in [-0.4, -0.2) is 26.2 Å². The van der Waals surface area contributed by atoms with Crippen LogP contribution in [-0.2, 0) is 10.0 Å². The van der Waals surface area contributed by atoms with Gasteiger partial charge >= 0.3 is 0 Å². The van der Waals surface area contributed by atoms with Gasteiger partial charge in [-0.3, -0.25) is 0 Å². The van der Waals surface area contributed by atoms with Crippen LogP contribution in [0.15, 0.2) is 33.6 Å². The highest BCUT2D eigenvalue weighted by atomic mass is 79.9. The Morgan fingerprint density at radius 2 is 2.00 bits per heavy atom. The van der Waals surface area contributed by atoms with Crippen molar-refractivity contribution in [1.29, 1.82) is 0 Å². The summed E-state index contributed by atoms with van der Waals surface area (Å²) in [4.78, 5) is 0.182. The topological polar surface area (TPSA) is 66.4 Å². The van der Waals surface area contributed by atoms with Crippen LogP contribution in [0.3, 0.4) is 0 Å². The van der Waals surface area contributed by atoms with Crippen molar-refractivity contribution in [1.82, 2.24) is 4.72 Å². The number of halogens is 1. The first kappa shape index (κ1) is 15.6. The molecule has 0 saturated heterocycles.